The fourth-order valence-electron chi connectivity index (χ4n) is 0. The maximum absolute atomic E-state index is 0. The minimum Gasteiger partial charge on any atom is -0.197 e. The predicted molar refractivity (Wildman–Crippen MR) is 47.3 cm³/mol. The van der Waals surface area contributed by atoms with Crippen molar-refractivity contribution in [2.75, 3.05) is 0 Å². The first-order valence-electron chi connectivity index (χ1n) is 0. The van der Waals surface area contributed by atoms with E-state index in [1.165, 1.54) is 0 Å². The number of hydrogen-bond acceptors (Lipinski definition) is 0. The summed E-state index contributed by atoms with van der Waals surface area (Å²) in [5.74, 6) is 0. The third-order valence-corrected chi connectivity index (χ3v) is 0. The third kappa shape index (κ3) is 24.0. The zero-order valence-electron chi connectivity index (χ0n) is 3.00. The van der Waals surface area contributed by atoms with Crippen LogP contribution in [0.1, 0.15) is 0 Å². The van der Waals surface area contributed by atoms with Gasteiger partial charge in [-0.05, 0) is 0 Å². The van der Waals surface area contributed by atoms with Gasteiger partial charge in [-0.2, -0.15) is 54.0 Å². The summed E-state index contributed by atoms with van der Waals surface area (Å²) in [5.41, 5.74) is 0. The molecule has 0 aromatic rings. The summed E-state index contributed by atoms with van der Waals surface area (Å²) in [5, 5.41) is 0. The van der Waals surface area contributed by atoms with Gasteiger partial charge in [-0.3, -0.25) is 0 Å². The standard InChI is InChI=1S/Li.4H2S/h;4*1H2. The molecule has 0 heterocycles. The topological polar surface area (TPSA) is 0 Å². The number of rotatable bonds is 0. The molecule has 0 amide bonds. The summed E-state index contributed by atoms with van der Waals surface area (Å²) in [4.78, 5) is 0. The van der Waals surface area contributed by atoms with Crippen LogP contribution in [-0.4, -0.2) is 18.9 Å². The Morgan fingerprint density at radius 3 is 0.400 bits per heavy atom. The second-order valence-electron chi connectivity index (χ2n) is 0. The Balaban J connectivity index is 0. The molecule has 1 radical (unpaired) electrons. The van der Waals surface area contributed by atoms with Crippen molar-refractivity contribution in [2.24, 2.45) is 0 Å². The quantitative estimate of drug-likeness (QED) is 0.421. The third-order valence-electron chi connectivity index (χ3n) is 0. The Kier molecular flexibility index (Phi) is 474. The second kappa shape index (κ2) is 37.5. The molecule has 0 saturated carbocycles. The van der Waals surface area contributed by atoms with Crippen LogP contribution < -0.4 is 0 Å². The van der Waals surface area contributed by atoms with E-state index in [4.69, 9.17) is 0 Å². The van der Waals surface area contributed by atoms with Gasteiger partial charge in [-0.25, -0.2) is 0 Å². The largest absolute Gasteiger partial charge is 0.197 e. The molecule has 33 valence electrons. The van der Waals surface area contributed by atoms with E-state index in [2.05, 4.69) is 0 Å². The Hall–Kier alpha value is 2.00. The van der Waals surface area contributed by atoms with Crippen LogP contribution in [0, 0.1) is 0 Å². The molecule has 0 aliphatic heterocycles. The van der Waals surface area contributed by atoms with Gasteiger partial charge in [-0.1, -0.05) is 0 Å². The first-order valence-corrected chi connectivity index (χ1v) is 0. The van der Waals surface area contributed by atoms with Crippen molar-refractivity contribution in [3.05, 3.63) is 0 Å². The van der Waals surface area contributed by atoms with E-state index < -0.39 is 0 Å². The SMILES string of the molecule is S.S.S.S.[Li]. The van der Waals surface area contributed by atoms with Crippen molar-refractivity contribution >= 4 is 72.8 Å². The monoisotopic (exact) mass is 143 g/mol. The van der Waals surface area contributed by atoms with E-state index >= 15 is 0 Å². The zero-order chi connectivity index (χ0) is 0. The normalized spacial score (nSPS) is 0. The van der Waals surface area contributed by atoms with Crippen LogP contribution in [0.15, 0.2) is 0 Å². The van der Waals surface area contributed by atoms with Crippen molar-refractivity contribution in [2.45, 2.75) is 0 Å². The molecule has 0 unspecified atom stereocenters. The molecule has 0 aromatic carbocycles. The molecular weight excluding hydrogens is 135 g/mol. The van der Waals surface area contributed by atoms with Crippen molar-refractivity contribution in [3.8, 4) is 0 Å². The van der Waals surface area contributed by atoms with Crippen molar-refractivity contribution < 1.29 is 0 Å². The van der Waals surface area contributed by atoms with Crippen LogP contribution in [0.25, 0.3) is 0 Å². The molecule has 0 aromatic heterocycles. The smallest absolute Gasteiger partial charge is 0 e. The van der Waals surface area contributed by atoms with Gasteiger partial charge in [0.25, 0.3) is 0 Å². The molecule has 0 spiro atoms. The molecule has 0 aliphatic rings. The Morgan fingerprint density at radius 1 is 0.400 bits per heavy atom. The van der Waals surface area contributed by atoms with Gasteiger partial charge in [-0.15, -0.1) is 0 Å². The van der Waals surface area contributed by atoms with Crippen molar-refractivity contribution in [3.63, 3.8) is 0 Å². The van der Waals surface area contributed by atoms with Gasteiger partial charge in [0.05, 0.1) is 0 Å². The molecule has 0 rings (SSSR count). The Labute approximate surface area is 72.4 Å². The number of hydrogen-bond donors (Lipinski definition) is 0. The van der Waals surface area contributed by atoms with Crippen LogP contribution in [0.4, 0.5) is 0 Å². The van der Waals surface area contributed by atoms with E-state index in [0.29, 0.717) is 0 Å². The fourth-order valence-corrected chi connectivity index (χ4v) is 0. The minimum atomic E-state index is 0. The van der Waals surface area contributed by atoms with Crippen LogP contribution in [-0.2, 0) is 0 Å². The first kappa shape index (κ1) is 63.1. The summed E-state index contributed by atoms with van der Waals surface area (Å²) in [6.07, 6.45) is 0. The van der Waals surface area contributed by atoms with Crippen LogP contribution in [0.5, 0.6) is 0 Å². The summed E-state index contributed by atoms with van der Waals surface area (Å²) >= 11 is 0. The molecule has 0 aliphatic carbocycles. The van der Waals surface area contributed by atoms with Crippen LogP contribution in [0.2, 0.25) is 0 Å². The zero-order valence-corrected chi connectivity index (χ0v) is 7.00. The Bertz CT molecular complexity index is 3.61. The molecule has 0 bridgehead atoms. The molecule has 5 heteroatoms. The Morgan fingerprint density at radius 2 is 0.400 bits per heavy atom. The van der Waals surface area contributed by atoms with Crippen LogP contribution >= 0.6 is 54.0 Å². The predicted octanol–water partition coefficient (Wildman–Crippen LogP) is 0.0704. The summed E-state index contributed by atoms with van der Waals surface area (Å²) < 4.78 is 0. The average molecular weight is 143 g/mol. The van der Waals surface area contributed by atoms with E-state index in [9.17, 15) is 0 Å². The van der Waals surface area contributed by atoms with Crippen LogP contribution in [0.3, 0.4) is 0 Å². The maximum Gasteiger partial charge on any atom is 0 e. The molecule has 0 N–H and O–H groups in total. The fraction of sp³-hybridized carbons (Fsp3) is 0. The van der Waals surface area contributed by atoms with Gasteiger partial charge < -0.3 is 0 Å². The van der Waals surface area contributed by atoms with Gasteiger partial charge in [0.15, 0.2) is 0 Å². The van der Waals surface area contributed by atoms with Crippen molar-refractivity contribution in [1.29, 1.82) is 0 Å². The van der Waals surface area contributed by atoms with Gasteiger partial charge in [0, 0.05) is 18.9 Å². The summed E-state index contributed by atoms with van der Waals surface area (Å²) in [7, 11) is 0. The van der Waals surface area contributed by atoms with E-state index in [1.807, 2.05) is 0 Å². The molecule has 0 atom stereocenters. The maximum atomic E-state index is 0. The molecule has 0 saturated heterocycles. The molecule has 0 nitrogen and oxygen atoms in total. The summed E-state index contributed by atoms with van der Waals surface area (Å²) in [6.45, 7) is 0. The molecule has 5 heavy (non-hydrogen) atoms. The minimum absolute atomic E-state index is 0. The van der Waals surface area contributed by atoms with E-state index in [-0.39, 0.29) is 72.8 Å². The van der Waals surface area contributed by atoms with E-state index in [0.717, 1.165) is 0 Å². The molecular formula is H8LiS4. The van der Waals surface area contributed by atoms with E-state index in [1.54, 1.807) is 0 Å². The first-order chi connectivity index (χ1) is 0. The summed E-state index contributed by atoms with van der Waals surface area (Å²) in [6, 6.07) is 0. The van der Waals surface area contributed by atoms with Gasteiger partial charge in [0.2, 0.25) is 0 Å². The second-order valence-corrected chi connectivity index (χ2v) is 0. The van der Waals surface area contributed by atoms with Gasteiger partial charge >= 0.3 is 0 Å². The van der Waals surface area contributed by atoms with Gasteiger partial charge in [0.1, 0.15) is 0 Å². The average Bonchev–Trinajstić information content (AvgIpc) is 0. The van der Waals surface area contributed by atoms with Crippen molar-refractivity contribution in [1.82, 2.24) is 0 Å². The molecule has 0 fully saturated rings.